The highest BCUT2D eigenvalue weighted by molar-refractivity contribution is 5.46. The van der Waals surface area contributed by atoms with Crippen molar-refractivity contribution >= 4 is 0 Å². The number of ether oxygens (including phenoxy) is 2. The Labute approximate surface area is 121 Å². The number of hydrogen-bond donors (Lipinski definition) is 1. The number of para-hydroxylation sites is 1. The van der Waals surface area contributed by atoms with Gasteiger partial charge in [0, 0.05) is 19.1 Å². The number of fused-ring (bicyclic) bond motifs is 1. The van der Waals surface area contributed by atoms with E-state index in [2.05, 4.69) is 23.5 Å². The minimum absolute atomic E-state index is 0.0892. The zero-order valence-electron chi connectivity index (χ0n) is 12.6. The molecule has 3 heteroatoms. The van der Waals surface area contributed by atoms with Crippen LogP contribution in [-0.4, -0.2) is 26.4 Å². The molecule has 0 bridgehead atoms. The molecule has 1 aromatic rings. The summed E-state index contributed by atoms with van der Waals surface area (Å²) in [6, 6.07) is 6.74. The molecule has 1 aliphatic carbocycles. The van der Waals surface area contributed by atoms with Gasteiger partial charge in [0.15, 0.2) is 0 Å². The van der Waals surface area contributed by atoms with Crippen molar-refractivity contribution in [2.24, 2.45) is 0 Å². The molecular weight excluding hydrogens is 250 g/mol. The van der Waals surface area contributed by atoms with Crippen LogP contribution in [0.2, 0.25) is 0 Å². The van der Waals surface area contributed by atoms with E-state index in [9.17, 15) is 0 Å². The van der Waals surface area contributed by atoms with E-state index >= 15 is 0 Å². The average Bonchev–Trinajstić information content (AvgIpc) is 2.98. The number of methoxy groups -OCH3 is 1. The molecule has 3 nitrogen and oxygen atoms in total. The second kappa shape index (κ2) is 5.74. The zero-order valence-corrected chi connectivity index (χ0v) is 12.6. The molecule has 1 aromatic carbocycles. The molecule has 1 unspecified atom stereocenters. The summed E-state index contributed by atoms with van der Waals surface area (Å²) in [7, 11) is 3.90. The molecule has 1 fully saturated rings. The molecule has 20 heavy (non-hydrogen) atoms. The van der Waals surface area contributed by atoms with Gasteiger partial charge in [-0.25, -0.2) is 0 Å². The molecular formula is C17H25NO2. The highest BCUT2D eigenvalue weighted by Crippen LogP contribution is 2.45. The van der Waals surface area contributed by atoms with Gasteiger partial charge in [0.25, 0.3) is 0 Å². The van der Waals surface area contributed by atoms with Crippen molar-refractivity contribution in [2.75, 3.05) is 20.8 Å². The van der Waals surface area contributed by atoms with E-state index in [0.29, 0.717) is 0 Å². The van der Waals surface area contributed by atoms with E-state index < -0.39 is 0 Å². The van der Waals surface area contributed by atoms with Crippen LogP contribution in [0.1, 0.15) is 49.3 Å². The van der Waals surface area contributed by atoms with E-state index in [-0.39, 0.29) is 11.6 Å². The highest BCUT2D eigenvalue weighted by atomic mass is 16.5. The van der Waals surface area contributed by atoms with Gasteiger partial charge in [-0.15, -0.1) is 0 Å². The van der Waals surface area contributed by atoms with Gasteiger partial charge in [-0.1, -0.05) is 37.5 Å². The fraction of sp³-hybridized carbons (Fsp3) is 0.647. The number of nitrogens with one attached hydrogen (secondary N) is 1. The third-order valence-corrected chi connectivity index (χ3v) is 4.98. The Balaban J connectivity index is 1.99. The summed E-state index contributed by atoms with van der Waals surface area (Å²) in [5, 5.41) is 3.50. The fourth-order valence-corrected chi connectivity index (χ4v) is 3.93. The largest absolute Gasteiger partial charge is 0.493 e. The minimum atomic E-state index is -0.0892. The molecule has 0 saturated heterocycles. The lowest BCUT2D eigenvalue weighted by Gasteiger charge is -2.43. The number of benzene rings is 1. The Morgan fingerprint density at radius 1 is 1.25 bits per heavy atom. The third-order valence-electron chi connectivity index (χ3n) is 4.98. The molecule has 0 spiro atoms. The maximum absolute atomic E-state index is 6.03. The summed E-state index contributed by atoms with van der Waals surface area (Å²) in [5.41, 5.74) is 2.52. The normalized spacial score (nSPS) is 22.1. The predicted molar refractivity (Wildman–Crippen MR) is 80.3 cm³/mol. The lowest BCUT2D eigenvalue weighted by atomic mass is 9.76. The summed E-state index contributed by atoms with van der Waals surface area (Å²) < 4.78 is 11.9. The van der Waals surface area contributed by atoms with E-state index in [1.54, 1.807) is 0 Å². The first-order valence-corrected chi connectivity index (χ1v) is 7.78. The van der Waals surface area contributed by atoms with Gasteiger partial charge in [-0.3, -0.25) is 0 Å². The van der Waals surface area contributed by atoms with Crippen LogP contribution < -0.4 is 10.1 Å². The van der Waals surface area contributed by atoms with Crippen LogP contribution in [0, 0.1) is 0 Å². The highest BCUT2D eigenvalue weighted by Gasteiger charge is 2.41. The Bertz CT molecular complexity index is 466. The van der Waals surface area contributed by atoms with Crippen LogP contribution in [0.3, 0.4) is 0 Å². The van der Waals surface area contributed by atoms with Crippen LogP contribution in [0.5, 0.6) is 5.75 Å². The number of rotatable bonds is 4. The van der Waals surface area contributed by atoms with Gasteiger partial charge < -0.3 is 14.8 Å². The molecule has 0 aromatic heterocycles. The number of likely N-dealkylation sites (N-methyl/N-ethyl adjacent to an activating group) is 1. The topological polar surface area (TPSA) is 30.5 Å². The molecule has 0 amide bonds. The van der Waals surface area contributed by atoms with Crippen LogP contribution >= 0.6 is 0 Å². The van der Waals surface area contributed by atoms with E-state index in [4.69, 9.17) is 9.47 Å². The van der Waals surface area contributed by atoms with E-state index in [1.165, 1.54) is 30.4 Å². The first kappa shape index (κ1) is 13.9. The summed E-state index contributed by atoms with van der Waals surface area (Å²) in [6.45, 7) is 0.808. The maximum atomic E-state index is 6.03. The van der Waals surface area contributed by atoms with Crippen LogP contribution in [0.15, 0.2) is 18.2 Å². The van der Waals surface area contributed by atoms with Gasteiger partial charge >= 0.3 is 0 Å². The Hall–Kier alpha value is -1.06. The van der Waals surface area contributed by atoms with Crippen molar-refractivity contribution < 1.29 is 9.47 Å². The molecule has 1 saturated carbocycles. The monoisotopic (exact) mass is 275 g/mol. The fourth-order valence-electron chi connectivity index (χ4n) is 3.93. The lowest BCUT2D eigenvalue weighted by molar-refractivity contribution is -0.0675. The summed E-state index contributed by atoms with van der Waals surface area (Å²) in [6.07, 6.45) is 7.10. The van der Waals surface area contributed by atoms with Crippen LogP contribution in [0.25, 0.3) is 0 Å². The van der Waals surface area contributed by atoms with Gasteiger partial charge in [-0.05, 0) is 25.5 Å². The first-order chi connectivity index (χ1) is 9.80. The van der Waals surface area contributed by atoms with Gasteiger partial charge in [0.2, 0.25) is 0 Å². The molecule has 1 heterocycles. The van der Waals surface area contributed by atoms with Crippen LogP contribution in [0.4, 0.5) is 0 Å². The second-order valence-electron chi connectivity index (χ2n) is 5.99. The van der Waals surface area contributed by atoms with Crippen LogP contribution in [-0.2, 0) is 11.2 Å². The van der Waals surface area contributed by atoms with Crippen molar-refractivity contribution in [3.8, 4) is 5.75 Å². The first-order valence-electron chi connectivity index (χ1n) is 7.78. The van der Waals surface area contributed by atoms with Crippen molar-refractivity contribution in [3.63, 3.8) is 0 Å². The second-order valence-corrected chi connectivity index (χ2v) is 5.99. The van der Waals surface area contributed by atoms with Gasteiger partial charge in [0.1, 0.15) is 5.75 Å². The summed E-state index contributed by atoms with van der Waals surface area (Å²) >= 11 is 0. The standard InChI is InChI=1S/C17H25NO2/c1-18-16(17(19-2)10-4-3-5-11-17)14-8-6-7-13-9-12-20-15(13)14/h6-8,16,18H,3-5,9-12H2,1-2H3. The maximum Gasteiger partial charge on any atom is 0.127 e. The molecule has 1 N–H and O–H groups in total. The van der Waals surface area contributed by atoms with Gasteiger partial charge in [0.05, 0.1) is 18.2 Å². The molecule has 0 radical (unpaired) electrons. The minimum Gasteiger partial charge on any atom is -0.493 e. The Morgan fingerprint density at radius 2 is 2.05 bits per heavy atom. The lowest BCUT2D eigenvalue weighted by Crippen LogP contribution is -2.46. The van der Waals surface area contributed by atoms with Gasteiger partial charge in [-0.2, -0.15) is 0 Å². The molecule has 3 rings (SSSR count). The van der Waals surface area contributed by atoms with E-state index in [0.717, 1.165) is 31.6 Å². The Morgan fingerprint density at radius 3 is 2.75 bits per heavy atom. The summed E-state index contributed by atoms with van der Waals surface area (Å²) in [4.78, 5) is 0. The van der Waals surface area contributed by atoms with Crippen molar-refractivity contribution in [2.45, 2.75) is 50.2 Å². The Kier molecular flexibility index (Phi) is 3.99. The summed E-state index contributed by atoms with van der Waals surface area (Å²) in [5.74, 6) is 1.09. The SMILES string of the molecule is CNC(c1cccc2c1OCC2)C1(OC)CCCCC1. The van der Waals surface area contributed by atoms with Crippen molar-refractivity contribution in [3.05, 3.63) is 29.3 Å². The molecule has 1 atom stereocenters. The predicted octanol–water partition coefficient (Wildman–Crippen LogP) is 3.23. The zero-order chi connectivity index (χ0) is 14.0. The number of hydrogen-bond acceptors (Lipinski definition) is 3. The van der Waals surface area contributed by atoms with Crippen molar-refractivity contribution in [1.82, 2.24) is 5.32 Å². The average molecular weight is 275 g/mol. The third kappa shape index (κ3) is 2.23. The smallest absolute Gasteiger partial charge is 0.127 e. The molecule has 110 valence electrons. The van der Waals surface area contributed by atoms with Crippen molar-refractivity contribution in [1.29, 1.82) is 0 Å². The quantitative estimate of drug-likeness (QED) is 0.915. The van der Waals surface area contributed by atoms with E-state index in [1.807, 2.05) is 14.2 Å². The molecule has 1 aliphatic heterocycles. The molecule has 2 aliphatic rings.